The smallest absolute Gasteiger partial charge is 0.249 e. The quantitative estimate of drug-likeness (QED) is 0.856. The third-order valence-corrected chi connectivity index (χ3v) is 5.51. The number of morpholine rings is 1. The Morgan fingerprint density at radius 3 is 2.59 bits per heavy atom. The molecule has 2 fully saturated rings. The maximum Gasteiger partial charge on any atom is 0.249 e. The summed E-state index contributed by atoms with van der Waals surface area (Å²) in [6.45, 7) is 4.98. The molecular weight excluding hydrogens is 362 g/mol. The van der Waals surface area contributed by atoms with E-state index in [9.17, 15) is 4.79 Å². The molecule has 4 rings (SSSR count). The minimum absolute atomic E-state index is 0.0734. The first-order chi connectivity index (χ1) is 13.2. The number of ether oxygens (including phenoxy) is 1. The van der Waals surface area contributed by atoms with Crippen molar-refractivity contribution in [1.29, 1.82) is 0 Å². The molecule has 1 N–H and O–H groups in total. The standard InChI is InChI=1S/C21H24ClN3O2/c22-17-6-2-4-8-20(17)25-10-9-19(21(25)26)23-18-7-3-1-5-16(18)15-24-11-13-27-14-12-24/h1-8,19,23H,9-15H2. The molecule has 0 spiro atoms. The molecule has 142 valence electrons. The highest BCUT2D eigenvalue weighted by molar-refractivity contribution is 6.34. The van der Waals surface area contributed by atoms with Crippen molar-refractivity contribution in [1.82, 2.24) is 4.90 Å². The minimum Gasteiger partial charge on any atom is -0.379 e. The van der Waals surface area contributed by atoms with Gasteiger partial charge in [-0.2, -0.15) is 0 Å². The fraction of sp³-hybridized carbons (Fsp3) is 0.381. The third-order valence-electron chi connectivity index (χ3n) is 5.19. The van der Waals surface area contributed by atoms with Gasteiger partial charge >= 0.3 is 0 Å². The summed E-state index contributed by atoms with van der Waals surface area (Å²) in [4.78, 5) is 17.1. The topological polar surface area (TPSA) is 44.8 Å². The fourth-order valence-corrected chi connectivity index (χ4v) is 3.95. The second-order valence-electron chi connectivity index (χ2n) is 6.97. The van der Waals surface area contributed by atoms with Crippen molar-refractivity contribution in [2.75, 3.05) is 43.1 Å². The summed E-state index contributed by atoms with van der Waals surface area (Å²) in [6.07, 6.45) is 0.760. The summed E-state index contributed by atoms with van der Waals surface area (Å²) >= 11 is 6.28. The number of para-hydroxylation sites is 2. The Hall–Kier alpha value is -2.08. The summed E-state index contributed by atoms with van der Waals surface area (Å²) in [5.41, 5.74) is 3.03. The van der Waals surface area contributed by atoms with Crippen LogP contribution >= 0.6 is 11.6 Å². The molecular formula is C21H24ClN3O2. The first-order valence-electron chi connectivity index (χ1n) is 9.43. The largest absolute Gasteiger partial charge is 0.379 e. The second-order valence-corrected chi connectivity index (χ2v) is 7.38. The van der Waals surface area contributed by atoms with Crippen molar-refractivity contribution in [2.45, 2.75) is 19.0 Å². The molecule has 0 bridgehead atoms. The van der Waals surface area contributed by atoms with Crippen LogP contribution in [0.3, 0.4) is 0 Å². The van der Waals surface area contributed by atoms with Crippen LogP contribution in [0.2, 0.25) is 5.02 Å². The number of hydrogen-bond acceptors (Lipinski definition) is 4. The predicted octanol–water partition coefficient (Wildman–Crippen LogP) is 3.39. The predicted molar refractivity (Wildman–Crippen MR) is 108 cm³/mol. The van der Waals surface area contributed by atoms with Gasteiger partial charge in [-0.05, 0) is 30.2 Å². The van der Waals surface area contributed by atoms with Crippen molar-refractivity contribution in [3.8, 4) is 0 Å². The lowest BCUT2D eigenvalue weighted by atomic mass is 10.1. The average Bonchev–Trinajstić information content (AvgIpc) is 3.05. The molecule has 1 unspecified atom stereocenters. The number of carbonyl (C=O) groups excluding carboxylic acids is 1. The molecule has 0 aliphatic carbocycles. The summed E-state index contributed by atoms with van der Waals surface area (Å²) in [5, 5.41) is 4.09. The molecule has 2 aromatic rings. The molecule has 2 aliphatic heterocycles. The Morgan fingerprint density at radius 1 is 1.04 bits per heavy atom. The summed E-state index contributed by atoms with van der Waals surface area (Å²) in [7, 11) is 0. The average molecular weight is 386 g/mol. The van der Waals surface area contributed by atoms with Gasteiger partial charge in [0.05, 0.1) is 23.9 Å². The third kappa shape index (κ3) is 4.10. The van der Waals surface area contributed by atoms with E-state index in [1.54, 1.807) is 4.90 Å². The highest BCUT2D eigenvalue weighted by Crippen LogP contribution is 2.30. The van der Waals surface area contributed by atoms with Gasteiger partial charge in [0.1, 0.15) is 6.04 Å². The number of anilines is 2. The second kappa shape index (κ2) is 8.30. The lowest BCUT2D eigenvalue weighted by Crippen LogP contribution is -2.36. The molecule has 0 aromatic heterocycles. The van der Waals surface area contributed by atoms with E-state index in [1.807, 2.05) is 36.4 Å². The Kier molecular flexibility index (Phi) is 5.62. The number of benzene rings is 2. The maximum absolute atomic E-state index is 12.9. The van der Waals surface area contributed by atoms with Gasteiger partial charge in [0.15, 0.2) is 0 Å². The van der Waals surface area contributed by atoms with E-state index in [0.29, 0.717) is 11.6 Å². The highest BCUT2D eigenvalue weighted by Gasteiger charge is 2.33. The number of rotatable bonds is 5. The Balaban J connectivity index is 1.47. The molecule has 27 heavy (non-hydrogen) atoms. The SMILES string of the molecule is O=C1C(Nc2ccccc2CN2CCOCC2)CCN1c1ccccc1Cl. The fourth-order valence-electron chi connectivity index (χ4n) is 3.71. The highest BCUT2D eigenvalue weighted by atomic mass is 35.5. The van der Waals surface area contributed by atoms with Crippen molar-refractivity contribution in [2.24, 2.45) is 0 Å². The summed E-state index contributed by atoms with van der Waals surface area (Å²) < 4.78 is 5.43. The van der Waals surface area contributed by atoms with Crippen LogP contribution in [0, 0.1) is 0 Å². The van der Waals surface area contributed by atoms with Crippen LogP contribution in [0.4, 0.5) is 11.4 Å². The van der Waals surface area contributed by atoms with E-state index in [2.05, 4.69) is 22.3 Å². The minimum atomic E-state index is -0.230. The monoisotopic (exact) mass is 385 g/mol. The number of nitrogens with one attached hydrogen (secondary N) is 1. The summed E-state index contributed by atoms with van der Waals surface area (Å²) in [6, 6.07) is 15.5. The number of amides is 1. The number of hydrogen-bond donors (Lipinski definition) is 1. The van der Waals surface area contributed by atoms with Gasteiger partial charge in [-0.3, -0.25) is 9.69 Å². The van der Waals surface area contributed by atoms with Crippen molar-refractivity contribution in [3.05, 3.63) is 59.1 Å². The molecule has 2 aliphatic rings. The van der Waals surface area contributed by atoms with Gasteiger partial charge in [0, 0.05) is 31.9 Å². The maximum atomic E-state index is 12.9. The van der Waals surface area contributed by atoms with E-state index >= 15 is 0 Å². The zero-order chi connectivity index (χ0) is 18.6. The molecule has 0 radical (unpaired) electrons. The van der Waals surface area contributed by atoms with Crippen LogP contribution in [-0.2, 0) is 16.1 Å². The van der Waals surface area contributed by atoms with Crippen molar-refractivity contribution < 1.29 is 9.53 Å². The van der Waals surface area contributed by atoms with Crippen molar-refractivity contribution >= 4 is 28.9 Å². The van der Waals surface area contributed by atoms with Crippen LogP contribution < -0.4 is 10.2 Å². The Bertz CT molecular complexity index is 808. The van der Waals surface area contributed by atoms with E-state index < -0.39 is 0 Å². The van der Waals surface area contributed by atoms with Gasteiger partial charge in [-0.15, -0.1) is 0 Å². The molecule has 5 nitrogen and oxygen atoms in total. The number of halogens is 1. The van der Waals surface area contributed by atoms with Crippen LogP contribution in [0.25, 0.3) is 0 Å². The van der Waals surface area contributed by atoms with Crippen LogP contribution in [-0.4, -0.2) is 49.7 Å². The van der Waals surface area contributed by atoms with E-state index in [0.717, 1.165) is 50.6 Å². The molecule has 1 amide bonds. The first-order valence-corrected chi connectivity index (χ1v) is 9.80. The van der Waals surface area contributed by atoms with Crippen LogP contribution in [0.1, 0.15) is 12.0 Å². The zero-order valence-corrected chi connectivity index (χ0v) is 16.0. The lowest BCUT2D eigenvalue weighted by Gasteiger charge is -2.28. The molecule has 2 aromatic carbocycles. The van der Waals surface area contributed by atoms with Gasteiger partial charge < -0.3 is 15.0 Å². The van der Waals surface area contributed by atoms with Crippen molar-refractivity contribution in [3.63, 3.8) is 0 Å². The molecule has 0 saturated carbocycles. The van der Waals surface area contributed by atoms with Gasteiger partial charge in [-0.1, -0.05) is 41.9 Å². The molecule has 2 saturated heterocycles. The van der Waals surface area contributed by atoms with Crippen LogP contribution in [0.5, 0.6) is 0 Å². The molecule has 2 heterocycles. The summed E-state index contributed by atoms with van der Waals surface area (Å²) in [5.74, 6) is 0.0734. The van der Waals surface area contributed by atoms with E-state index in [-0.39, 0.29) is 11.9 Å². The lowest BCUT2D eigenvalue weighted by molar-refractivity contribution is -0.117. The number of carbonyl (C=O) groups is 1. The van der Waals surface area contributed by atoms with E-state index in [4.69, 9.17) is 16.3 Å². The number of nitrogens with zero attached hydrogens (tertiary/aromatic N) is 2. The first kappa shape index (κ1) is 18.3. The van der Waals surface area contributed by atoms with E-state index in [1.165, 1.54) is 5.56 Å². The van der Waals surface area contributed by atoms with Gasteiger partial charge in [-0.25, -0.2) is 0 Å². The van der Waals surface area contributed by atoms with Crippen LogP contribution in [0.15, 0.2) is 48.5 Å². The molecule has 6 heteroatoms. The van der Waals surface area contributed by atoms with Gasteiger partial charge in [0.2, 0.25) is 5.91 Å². The Labute approximate surface area is 164 Å². The van der Waals surface area contributed by atoms with Gasteiger partial charge in [0.25, 0.3) is 0 Å². The normalized spacial score (nSPS) is 20.9. The Morgan fingerprint density at radius 2 is 1.78 bits per heavy atom. The zero-order valence-electron chi connectivity index (χ0n) is 15.2. The molecule has 1 atom stereocenters.